The van der Waals surface area contributed by atoms with Crippen LogP contribution in [0.25, 0.3) is 0 Å². The van der Waals surface area contributed by atoms with Crippen LogP contribution in [-0.2, 0) is 21.1 Å². The molecule has 1 aromatic rings. The lowest BCUT2D eigenvalue weighted by Gasteiger charge is -2.16. The zero-order valence-electron chi connectivity index (χ0n) is 9.94. The van der Waals surface area contributed by atoms with E-state index in [0.717, 1.165) is 12.8 Å². The Hall–Kier alpha value is -0.950. The highest BCUT2D eigenvalue weighted by atomic mass is 32.2. The molecule has 1 N–H and O–H groups in total. The van der Waals surface area contributed by atoms with Crippen molar-refractivity contribution in [1.82, 2.24) is 15.5 Å². The summed E-state index contributed by atoms with van der Waals surface area (Å²) >= 11 is 0. The second-order valence-corrected chi connectivity index (χ2v) is 6.63. The Morgan fingerprint density at radius 1 is 1.38 bits per heavy atom. The summed E-state index contributed by atoms with van der Waals surface area (Å²) in [5, 5.41) is 10.6. The summed E-state index contributed by atoms with van der Waals surface area (Å²) in [6, 6.07) is 0. The van der Waals surface area contributed by atoms with E-state index in [9.17, 15) is 8.42 Å². The van der Waals surface area contributed by atoms with Crippen LogP contribution in [0, 0.1) is 0 Å². The van der Waals surface area contributed by atoms with E-state index in [2.05, 4.69) is 15.5 Å². The number of rotatable bonds is 5. The van der Waals surface area contributed by atoms with Crippen molar-refractivity contribution in [1.29, 1.82) is 0 Å². The van der Waals surface area contributed by atoms with Crippen molar-refractivity contribution in [3.05, 3.63) is 11.8 Å². The summed E-state index contributed by atoms with van der Waals surface area (Å²) in [5.41, 5.74) is 0. The van der Waals surface area contributed by atoms with Gasteiger partial charge in [0, 0.05) is 6.26 Å². The Labute approximate surface area is 95.4 Å². The standard InChI is InChI=1S/C9H17N3O3S/c1-5-10-6-7-11-12-8(15-7)9(2,3)16(4,13)14/h10H,5-6H2,1-4H3. The minimum atomic E-state index is -3.28. The van der Waals surface area contributed by atoms with E-state index in [0.29, 0.717) is 12.4 Å². The fourth-order valence-electron chi connectivity index (χ4n) is 0.959. The van der Waals surface area contributed by atoms with E-state index in [4.69, 9.17) is 4.42 Å². The van der Waals surface area contributed by atoms with Crippen LogP contribution in [0.15, 0.2) is 4.42 Å². The Morgan fingerprint density at radius 2 is 2.00 bits per heavy atom. The van der Waals surface area contributed by atoms with Gasteiger partial charge in [-0.1, -0.05) is 6.92 Å². The van der Waals surface area contributed by atoms with Gasteiger partial charge in [0.1, 0.15) is 4.75 Å². The molecule has 1 heterocycles. The van der Waals surface area contributed by atoms with Crippen LogP contribution in [0.2, 0.25) is 0 Å². The number of nitrogens with one attached hydrogen (secondary N) is 1. The third kappa shape index (κ3) is 2.59. The van der Waals surface area contributed by atoms with Crippen LogP contribution in [0.5, 0.6) is 0 Å². The van der Waals surface area contributed by atoms with Crippen LogP contribution in [0.4, 0.5) is 0 Å². The van der Waals surface area contributed by atoms with Gasteiger partial charge in [-0.25, -0.2) is 8.42 Å². The van der Waals surface area contributed by atoms with Crippen LogP contribution in [0.3, 0.4) is 0 Å². The van der Waals surface area contributed by atoms with Gasteiger partial charge in [-0.15, -0.1) is 10.2 Å². The van der Waals surface area contributed by atoms with Gasteiger partial charge >= 0.3 is 0 Å². The van der Waals surface area contributed by atoms with E-state index in [1.54, 1.807) is 13.8 Å². The van der Waals surface area contributed by atoms with Crippen molar-refractivity contribution in [2.75, 3.05) is 12.8 Å². The highest BCUT2D eigenvalue weighted by molar-refractivity contribution is 7.91. The van der Waals surface area contributed by atoms with Crippen molar-refractivity contribution >= 4 is 9.84 Å². The molecule has 0 amide bonds. The van der Waals surface area contributed by atoms with E-state index < -0.39 is 14.6 Å². The van der Waals surface area contributed by atoms with Crippen LogP contribution >= 0.6 is 0 Å². The average molecular weight is 247 g/mol. The fourth-order valence-corrected chi connectivity index (χ4v) is 1.36. The maximum atomic E-state index is 11.5. The van der Waals surface area contributed by atoms with Crippen molar-refractivity contribution < 1.29 is 12.8 Å². The second kappa shape index (κ2) is 4.50. The molecule has 1 rings (SSSR count). The van der Waals surface area contributed by atoms with E-state index in [1.807, 2.05) is 6.92 Å². The Kier molecular flexibility index (Phi) is 3.69. The van der Waals surface area contributed by atoms with Gasteiger partial charge in [0.15, 0.2) is 9.84 Å². The van der Waals surface area contributed by atoms with Crippen LogP contribution < -0.4 is 5.32 Å². The zero-order chi connectivity index (χ0) is 12.4. The first-order valence-corrected chi connectivity index (χ1v) is 6.91. The van der Waals surface area contributed by atoms with Crippen LogP contribution in [-0.4, -0.2) is 31.4 Å². The summed E-state index contributed by atoms with van der Waals surface area (Å²) < 4.78 is 27.2. The van der Waals surface area contributed by atoms with Gasteiger partial charge in [-0.2, -0.15) is 0 Å². The van der Waals surface area contributed by atoms with Crippen molar-refractivity contribution in [3.8, 4) is 0 Å². The number of nitrogens with zero attached hydrogens (tertiary/aromatic N) is 2. The molecule has 6 nitrogen and oxygen atoms in total. The van der Waals surface area contributed by atoms with E-state index >= 15 is 0 Å². The smallest absolute Gasteiger partial charge is 0.237 e. The predicted octanol–water partition coefficient (Wildman–Crippen LogP) is 0.459. The first-order valence-electron chi connectivity index (χ1n) is 5.02. The lowest BCUT2D eigenvalue weighted by atomic mass is 10.2. The lowest BCUT2D eigenvalue weighted by molar-refractivity contribution is 0.397. The highest BCUT2D eigenvalue weighted by Gasteiger charge is 2.37. The molecule has 0 aliphatic rings. The molecule has 0 aromatic carbocycles. The largest absolute Gasteiger partial charge is 0.422 e. The molecule has 0 atom stereocenters. The molecule has 16 heavy (non-hydrogen) atoms. The molecule has 92 valence electrons. The molecule has 0 saturated heterocycles. The molecule has 0 aliphatic heterocycles. The fraction of sp³-hybridized carbons (Fsp3) is 0.778. The van der Waals surface area contributed by atoms with Gasteiger partial charge in [0.25, 0.3) is 0 Å². The average Bonchev–Trinajstić information content (AvgIpc) is 2.61. The molecule has 0 unspecified atom stereocenters. The van der Waals surface area contributed by atoms with Gasteiger partial charge in [0.2, 0.25) is 11.8 Å². The van der Waals surface area contributed by atoms with Crippen molar-refractivity contribution in [2.45, 2.75) is 32.1 Å². The SMILES string of the molecule is CCNCc1nnc(C(C)(C)S(C)(=O)=O)o1. The van der Waals surface area contributed by atoms with Crippen molar-refractivity contribution in [3.63, 3.8) is 0 Å². The first kappa shape index (κ1) is 13.1. The Morgan fingerprint density at radius 3 is 2.50 bits per heavy atom. The highest BCUT2D eigenvalue weighted by Crippen LogP contribution is 2.27. The monoisotopic (exact) mass is 247 g/mol. The third-order valence-electron chi connectivity index (χ3n) is 2.44. The number of hydrogen-bond donors (Lipinski definition) is 1. The zero-order valence-corrected chi connectivity index (χ0v) is 10.8. The molecular formula is C9H17N3O3S. The third-order valence-corrected chi connectivity index (χ3v) is 4.46. The quantitative estimate of drug-likeness (QED) is 0.813. The first-order chi connectivity index (χ1) is 7.29. The molecule has 0 fully saturated rings. The minimum absolute atomic E-state index is 0.128. The summed E-state index contributed by atoms with van der Waals surface area (Å²) in [7, 11) is -3.28. The summed E-state index contributed by atoms with van der Waals surface area (Å²) in [6.07, 6.45) is 1.15. The Bertz CT molecular complexity index is 450. The Balaban J connectivity index is 2.94. The molecule has 0 aliphatic carbocycles. The molecule has 0 spiro atoms. The van der Waals surface area contributed by atoms with E-state index in [1.165, 1.54) is 0 Å². The predicted molar refractivity (Wildman–Crippen MR) is 59.5 cm³/mol. The van der Waals surface area contributed by atoms with Crippen LogP contribution in [0.1, 0.15) is 32.6 Å². The molecule has 0 radical (unpaired) electrons. The molecule has 1 aromatic heterocycles. The lowest BCUT2D eigenvalue weighted by Crippen LogP contribution is -2.28. The van der Waals surface area contributed by atoms with Gasteiger partial charge in [0.05, 0.1) is 6.54 Å². The molecule has 0 bridgehead atoms. The van der Waals surface area contributed by atoms with Gasteiger partial charge in [-0.3, -0.25) is 0 Å². The summed E-state index contributed by atoms with van der Waals surface area (Å²) in [6.45, 7) is 6.29. The number of hydrogen-bond acceptors (Lipinski definition) is 6. The maximum Gasteiger partial charge on any atom is 0.237 e. The normalized spacial score (nSPS) is 13.0. The number of aromatic nitrogens is 2. The summed E-state index contributed by atoms with van der Waals surface area (Å²) in [5.74, 6) is 0.525. The molecular weight excluding hydrogens is 230 g/mol. The van der Waals surface area contributed by atoms with E-state index in [-0.39, 0.29) is 5.89 Å². The molecule has 7 heteroatoms. The number of sulfone groups is 1. The second-order valence-electron chi connectivity index (χ2n) is 4.06. The topological polar surface area (TPSA) is 85.1 Å². The van der Waals surface area contributed by atoms with Gasteiger partial charge in [-0.05, 0) is 20.4 Å². The maximum absolute atomic E-state index is 11.5. The molecule has 0 saturated carbocycles. The van der Waals surface area contributed by atoms with Gasteiger partial charge < -0.3 is 9.73 Å². The summed E-state index contributed by atoms with van der Waals surface area (Å²) in [4.78, 5) is 0. The van der Waals surface area contributed by atoms with Crippen molar-refractivity contribution in [2.24, 2.45) is 0 Å². The minimum Gasteiger partial charge on any atom is -0.422 e.